The number of benzene rings is 2. The highest BCUT2D eigenvalue weighted by atomic mass is 79.9. The molecule has 0 amide bonds. The van der Waals surface area contributed by atoms with E-state index in [2.05, 4.69) is 51.0 Å². The van der Waals surface area contributed by atoms with Gasteiger partial charge < -0.3 is 9.47 Å². The monoisotopic (exact) mass is 449 g/mol. The van der Waals surface area contributed by atoms with Crippen LogP contribution in [-0.2, 0) is 5.72 Å². The van der Waals surface area contributed by atoms with E-state index in [1.165, 1.54) is 0 Å². The molecule has 6 heteroatoms. The summed E-state index contributed by atoms with van der Waals surface area (Å²) in [7, 11) is 1.68. The zero-order chi connectivity index (χ0) is 20.0. The summed E-state index contributed by atoms with van der Waals surface area (Å²) >= 11 is 3.60. The fraction of sp³-hybridized carbons (Fsp3) is 0.217. The number of halogens is 1. The highest BCUT2D eigenvalue weighted by molar-refractivity contribution is 9.10. The Morgan fingerprint density at radius 2 is 1.86 bits per heavy atom. The summed E-state index contributed by atoms with van der Waals surface area (Å²) in [6, 6.07) is 18.3. The van der Waals surface area contributed by atoms with Crippen LogP contribution in [0.2, 0.25) is 0 Å². The van der Waals surface area contributed by atoms with Gasteiger partial charge in [-0.1, -0.05) is 15.9 Å². The van der Waals surface area contributed by atoms with Crippen molar-refractivity contribution in [3.63, 3.8) is 0 Å². The molecule has 2 aliphatic heterocycles. The van der Waals surface area contributed by atoms with E-state index in [1.54, 1.807) is 19.5 Å². The predicted molar refractivity (Wildman–Crippen MR) is 115 cm³/mol. The Bertz CT molecular complexity index is 1090. The minimum Gasteiger partial charge on any atom is -0.497 e. The molecule has 0 radical (unpaired) electrons. The molecule has 5 nitrogen and oxygen atoms in total. The molecule has 0 bridgehead atoms. The zero-order valence-corrected chi connectivity index (χ0v) is 17.8. The lowest BCUT2D eigenvalue weighted by Gasteiger charge is -2.46. The van der Waals surface area contributed by atoms with Crippen LogP contribution in [0.5, 0.6) is 11.5 Å². The number of aromatic nitrogens is 1. The van der Waals surface area contributed by atoms with Crippen LogP contribution in [0, 0.1) is 0 Å². The molecule has 3 aromatic rings. The second-order valence-corrected chi connectivity index (χ2v) is 8.26. The van der Waals surface area contributed by atoms with Crippen LogP contribution in [0.15, 0.2) is 76.6 Å². The van der Waals surface area contributed by atoms with Crippen LogP contribution in [0.25, 0.3) is 0 Å². The highest BCUT2D eigenvalue weighted by Gasteiger charge is 2.48. The summed E-state index contributed by atoms with van der Waals surface area (Å²) in [5.41, 5.74) is 3.56. The van der Waals surface area contributed by atoms with E-state index in [4.69, 9.17) is 14.6 Å². The van der Waals surface area contributed by atoms with E-state index in [9.17, 15) is 0 Å². The fourth-order valence-electron chi connectivity index (χ4n) is 4.09. The fourth-order valence-corrected chi connectivity index (χ4v) is 4.47. The molecule has 0 spiro atoms. The lowest BCUT2D eigenvalue weighted by molar-refractivity contribution is -0.112. The van der Waals surface area contributed by atoms with Gasteiger partial charge in [-0.25, -0.2) is 5.01 Å². The first kappa shape index (κ1) is 18.2. The molecular formula is C23H20BrN3O2. The van der Waals surface area contributed by atoms with Gasteiger partial charge in [-0.15, -0.1) is 0 Å². The first-order valence-corrected chi connectivity index (χ1v) is 10.3. The summed E-state index contributed by atoms with van der Waals surface area (Å²) in [6.07, 6.45) is 4.39. The Morgan fingerprint density at radius 3 is 2.59 bits per heavy atom. The number of pyridine rings is 1. The average molecular weight is 450 g/mol. The third-order valence-corrected chi connectivity index (χ3v) is 6.12. The molecule has 3 heterocycles. The maximum Gasteiger partial charge on any atom is 0.221 e. The molecule has 0 saturated heterocycles. The van der Waals surface area contributed by atoms with E-state index >= 15 is 0 Å². The Morgan fingerprint density at radius 1 is 1.10 bits per heavy atom. The van der Waals surface area contributed by atoms with Crippen LogP contribution < -0.4 is 9.47 Å². The Labute approximate surface area is 178 Å². The van der Waals surface area contributed by atoms with Crippen molar-refractivity contribution in [2.75, 3.05) is 7.11 Å². The second-order valence-electron chi connectivity index (χ2n) is 7.34. The molecule has 2 aliphatic rings. The molecule has 5 rings (SSSR count). The Hall–Kier alpha value is -2.86. The standard InChI is InChI=1S/C23H20BrN3O2/c1-23(16-9-11-25-12-10-16)27-21(19-13-17(24)5-8-22(19)29-23)14-20(26-27)15-3-6-18(28-2)7-4-15/h3-13,21H,14H2,1-2H3/t21-,23+/m0/s1. The van der Waals surface area contributed by atoms with Gasteiger partial charge in [0.15, 0.2) is 0 Å². The van der Waals surface area contributed by atoms with E-state index in [0.29, 0.717) is 0 Å². The molecule has 0 aliphatic carbocycles. The van der Waals surface area contributed by atoms with E-state index < -0.39 is 5.72 Å². The molecule has 1 aromatic heterocycles. The third kappa shape index (κ3) is 2.99. The average Bonchev–Trinajstić information content (AvgIpc) is 3.22. The minimum absolute atomic E-state index is 0.0894. The van der Waals surface area contributed by atoms with E-state index in [-0.39, 0.29) is 6.04 Å². The third-order valence-electron chi connectivity index (χ3n) is 5.63. The summed E-state index contributed by atoms with van der Waals surface area (Å²) in [5, 5.41) is 7.14. The van der Waals surface area contributed by atoms with Crippen LogP contribution in [-0.4, -0.2) is 22.8 Å². The van der Waals surface area contributed by atoms with Crippen LogP contribution in [0.3, 0.4) is 0 Å². The molecule has 2 atom stereocenters. The predicted octanol–water partition coefficient (Wildman–Crippen LogP) is 5.27. The summed E-state index contributed by atoms with van der Waals surface area (Å²) < 4.78 is 12.9. The van der Waals surface area contributed by atoms with Crippen molar-refractivity contribution in [3.05, 3.63) is 88.2 Å². The van der Waals surface area contributed by atoms with Crippen LogP contribution >= 0.6 is 15.9 Å². The molecular weight excluding hydrogens is 430 g/mol. The van der Waals surface area contributed by atoms with Gasteiger partial charge in [0.2, 0.25) is 5.72 Å². The van der Waals surface area contributed by atoms with Crippen molar-refractivity contribution < 1.29 is 9.47 Å². The van der Waals surface area contributed by atoms with Gasteiger partial charge >= 0.3 is 0 Å². The van der Waals surface area contributed by atoms with Gasteiger partial charge in [0.25, 0.3) is 0 Å². The number of hydrogen-bond donors (Lipinski definition) is 0. The van der Waals surface area contributed by atoms with Crippen molar-refractivity contribution in [1.82, 2.24) is 9.99 Å². The topological polar surface area (TPSA) is 47.0 Å². The minimum atomic E-state index is -0.720. The van der Waals surface area contributed by atoms with Crippen molar-refractivity contribution in [1.29, 1.82) is 0 Å². The number of ether oxygens (including phenoxy) is 2. The number of rotatable bonds is 3. The number of fused-ring (bicyclic) bond motifs is 3. The van der Waals surface area contributed by atoms with Crippen molar-refractivity contribution in [2.45, 2.75) is 25.1 Å². The number of hydrazone groups is 1. The van der Waals surface area contributed by atoms with E-state index in [0.717, 1.165) is 44.8 Å². The second kappa shape index (κ2) is 6.88. The summed E-state index contributed by atoms with van der Waals surface area (Å²) in [4.78, 5) is 4.16. The maximum absolute atomic E-state index is 6.55. The lowest BCUT2D eigenvalue weighted by Crippen LogP contribution is -2.48. The quantitative estimate of drug-likeness (QED) is 0.546. The number of nitrogens with zero attached hydrogens (tertiary/aromatic N) is 3. The van der Waals surface area contributed by atoms with Crippen LogP contribution in [0.1, 0.15) is 36.1 Å². The molecule has 0 unspecified atom stereocenters. The van der Waals surface area contributed by atoms with Crippen LogP contribution in [0.4, 0.5) is 0 Å². The summed E-state index contributed by atoms with van der Waals surface area (Å²) in [6.45, 7) is 2.07. The first-order chi connectivity index (χ1) is 14.1. The molecule has 146 valence electrons. The molecule has 0 fully saturated rings. The molecule has 0 saturated carbocycles. The van der Waals surface area contributed by atoms with Gasteiger partial charge in [0.05, 0.1) is 18.9 Å². The van der Waals surface area contributed by atoms with Gasteiger partial charge in [0, 0.05) is 41.3 Å². The molecule has 29 heavy (non-hydrogen) atoms. The molecule has 0 N–H and O–H groups in total. The number of methoxy groups -OCH3 is 1. The van der Waals surface area contributed by atoms with Gasteiger partial charge in [-0.05, 0) is 60.2 Å². The van der Waals surface area contributed by atoms with Crippen molar-refractivity contribution >= 4 is 21.6 Å². The smallest absolute Gasteiger partial charge is 0.221 e. The number of hydrogen-bond acceptors (Lipinski definition) is 5. The SMILES string of the molecule is COc1ccc(C2=NN3[C@@H](C2)c2cc(Br)ccc2O[C@]3(C)c2ccncc2)cc1. The Balaban J connectivity index is 1.62. The normalized spacial score (nSPS) is 22.4. The largest absolute Gasteiger partial charge is 0.497 e. The van der Waals surface area contributed by atoms with Gasteiger partial charge in [0.1, 0.15) is 11.5 Å². The lowest BCUT2D eigenvalue weighted by atomic mass is 9.93. The summed E-state index contributed by atoms with van der Waals surface area (Å²) in [5.74, 6) is 1.73. The van der Waals surface area contributed by atoms with Crippen molar-refractivity contribution in [2.24, 2.45) is 5.10 Å². The van der Waals surface area contributed by atoms with Crippen molar-refractivity contribution in [3.8, 4) is 11.5 Å². The maximum atomic E-state index is 6.55. The zero-order valence-electron chi connectivity index (χ0n) is 16.2. The highest BCUT2D eigenvalue weighted by Crippen LogP contribution is 2.50. The molecule has 2 aromatic carbocycles. The Kier molecular flexibility index (Phi) is 4.32. The van der Waals surface area contributed by atoms with Gasteiger partial charge in [-0.2, -0.15) is 5.10 Å². The van der Waals surface area contributed by atoms with E-state index in [1.807, 2.05) is 36.4 Å². The first-order valence-electron chi connectivity index (χ1n) is 9.49. The van der Waals surface area contributed by atoms with Gasteiger partial charge in [-0.3, -0.25) is 4.98 Å².